The minimum absolute atomic E-state index is 0.104. The van der Waals surface area contributed by atoms with Crippen LogP contribution in [0, 0.1) is 0 Å². The van der Waals surface area contributed by atoms with Crippen molar-refractivity contribution in [2.45, 2.75) is 24.7 Å². The van der Waals surface area contributed by atoms with Crippen molar-refractivity contribution in [1.82, 2.24) is 5.32 Å². The Bertz CT molecular complexity index is 753. The van der Waals surface area contributed by atoms with Gasteiger partial charge in [0.25, 0.3) is 0 Å². The predicted octanol–water partition coefficient (Wildman–Crippen LogP) is 2.81. The molecule has 0 aliphatic carbocycles. The predicted molar refractivity (Wildman–Crippen MR) is 99.5 cm³/mol. The lowest BCUT2D eigenvalue weighted by atomic mass is 9.73. The lowest BCUT2D eigenvalue weighted by molar-refractivity contribution is -0.121. The van der Waals surface area contributed by atoms with Gasteiger partial charge in [-0.15, -0.1) is 0 Å². The van der Waals surface area contributed by atoms with Gasteiger partial charge in [0.15, 0.2) is 0 Å². The van der Waals surface area contributed by atoms with E-state index >= 15 is 0 Å². The van der Waals surface area contributed by atoms with Crippen molar-refractivity contribution in [2.24, 2.45) is 0 Å². The smallest absolute Gasteiger partial charge is 0.224 e. The molecule has 0 atom stereocenters. The van der Waals surface area contributed by atoms with E-state index < -0.39 is 0 Å². The number of nitrogens with one attached hydrogen (secondary N) is 1. The van der Waals surface area contributed by atoms with Gasteiger partial charge in [-0.1, -0.05) is 36.4 Å². The van der Waals surface area contributed by atoms with Crippen LogP contribution < -0.4 is 10.1 Å². The molecule has 5 nitrogen and oxygen atoms in total. The fraction of sp³-hybridized carbons (Fsp3) is 0.381. The number of benzene rings is 2. The van der Waals surface area contributed by atoms with Crippen LogP contribution >= 0.6 is 0 Å². The van der Waals surface area contributed by atoms with Gasteiger partial charge in [-0.2, -0.15) is 0 Å². The van der Waals surface area contributed by atoms with Gasteiger partial charge in [-0.05, 0) is 25.0 Å². The minimum Gasteiger partial charge on any atom is -0.508 e. The van der Waals surface area contributed by atoms with E-state index in [1.807, 2.05) is 24.3 Å². The Kier molecular flexibility index (Phi) is 5.78. The first-order valence-corrected chi connectivity index (χ1v) is 8.89. The van der Waals surface area contributed by atoms with Crippen molar-refractivity contribution < 1.29 is 19.4 Å². The topological polar surface area (TPSA) is 67.8 Å². The molecular weight excluding hydrogens is 330 g/mol. The van der Waals surface area contributed by atoms with Crippen molar-refractivity contribution >= 4 is 5.91 Å². The van der Waals surface area contributed by atoms with E-state index in [0.29, 0.717) is 25.3 Å². The number of methoxy groups -OCH3 is 1. The maximum Gasteiger partial charge on any atom is 0.224 e. The largest absolute Gasteiger partial charge is 0.508 e. The van der Waals surface area contributed by atoms with Crippen LogP contribution in [0.5, 0.6) is 11.5 Å². The van der Waals surface area contributed by atoms with Crippen molar-refractivity contribution in [3.05, 3.63) is 59.7 Å². The summed E-state index contributed by atoms with van der Waals surface area (Å²) in [4.78, 5) is 12.5. The number of amides is 1. The first-order valence-electron chi connectivity index (χ1n) is 8.89. The van der Waals surface area contributed by atoms with Gasteiger partial charge in [0, 0.05) is 36.3 Å². The van der Waals surface area contributed by atoms with Gasteiger partial charge in [0.1, 0.15) is 11.5 Å². The number of carbonyl (C=O) groups excluding carboxylic acids is 1. The van der Waals surface area contributed by atoms with Gasteiger partial charge in [0.2, 0.25) is 5.91 Å². The van der Waals surface area contributed by atoms with E-state index in [1.165, 1.54) is 0 Å². The minimum atomic E-state index is -0.209. The van der Waals surface area contributed by atoms with E-state index in [9.17, 15) is 9.90 Å². The number of carbonyl (C=O) groups is 1. The molecule has 0 spiro atoms. The zero-order valence-corrected chi connectivity index (χ0v) is 15.0. The highest BCUT2D eigenvalue weighted by atomic mass is 16.5. The van der Waals surface area contributed by atoms with Gasteiger partial charge in [-0.3, -0.25) is 4.79 Å². The van der Waals surface area contributed by atoms with Crippen LogP contribution in [0.1, 0.15) is 24.0 Å². The van der Waals surface area contributed by atoms with Crippen molar-refractivity contribution in [2.75, 3.05) is 26.9 Å². The highest BCUT2D eigenvalue weighted by Gasteiger charge is 2.37. The van der Waals surface area contributed by atoms with Crippen LogP contribution in [0.4, 0.5) is 0 Å². The van der Waals surface area contributed by atoms with Gasteiger partial charge in [0.05, 0.1) is 13.5 Å². The van der Waals surface area contributed by atoms with Crippen molar-refractivity contribution in [3.8, 4) is 11.5 Å². The van der Waals surface area contributed by atoms with Gasteiger partial charge < -0.3 is 19.9 Å². The molecule has 26 heavy (non-hydrogen) atoms. The fourth-order valence-corrected chi connectivity index (χ4v) is 3.55. The average molecular weight is 355 g/mol. The van der Waals surface area contributed by atoms with Crippen LogP contribution in [-0.2, 0) is 21.4 Å². The van der Waals surface area contributed by atoms with Crippen LogP contribution in [0.2, 0.25) is 0 Å². The van der Waals surface area contributed by atoms with E-state index in [0.717, 1.165) is 24.2 Å². The zero-order chi connectivity index (χ0) is 18.4. The molecule has 1 fully saturated rings. The highest BCUT2D eigenvalue weighted by Crippen LogP contribution is 2.39. The molecule has 0 bridgehead atoms. The van der Waals surface area contributed by atoms with Gasteiger partial charge >= 0.3 is 0 Å². The Labute approximate surface area is 153 Å². The number of rotatable bonds is 6. The fourth-order valence-electron chi connectivity index (χ4n) is 3.55. The van der Waals surface area contributed by atoms with E-state index in [-0.39, 0.29) is 23.5 Å². The Balaban J connectivity index is 1.75. The first kappa shape index (κ1) is 18.3. The molecule has 1 aliphatic rings. The number of phenolic OH excluding ortho intramolecular Hbond substituents is 1. The lowest BCUT2D eigenvalue weighted by Gasteiger charge is -2.38. The second kappa shape index (κ2) is 8.23. The molecule has 1 aliphatic heterocycles. The number of hydrogen-bond acceptors (Lipinski definition) is 4. The summed E-state index contributed by atoms with van der Waals surface area (Å²) in [5, 5.41) is 12.9. The van der Waals surface area contributed by atoms with Crippen LogP contribution in [0.3, 0.4) is 0 Å². The Morgan fingerprint density at radius 3 is 2.58 bits per heavy atom. The second-order valence-corrected chi connectivity index (χ2v) is 6.68. The molecule has 1 amide bonds. The van der Waals surface area contributed by atoms with E-state index in [4.69, 9.17) is 9.47 Å². The summed E-state index contributed by atoms with van der Waals surface area (Å²) in [6.07, 6.45) is 1.81. The Morgan fingerprint density at radius 1 is 1.15 bits per heavy atom. The molecular formula is C21H25NO4. The van der Waals surface area contributed by atoms with E-state index in [1.54, 1.807) is 25.3 Å². The number of aromatic hydroxyl groups is 1. The maximum atomic E-state index is 12.5. The average Bonchev–Trinajstić information content (AvgIpc) is 2.69. The van der Waals surface area contributed by atoms with Crippen LogP contribution in [-0.4, -0.2) is 37.9 Å². The summed E-state index contributed by atoms with van der Waals surface area (Å²) in [5.74, 6) is 0.879. The number of hydrogen-bond donors (Lipinski definition) is 2. The molecule has 2 aromatic rings. The molecule has 1 saturated heterocycles. The molecule has 138 valence electrons. The summed E-state index contributed by atoms with van der Waals surface area (Å²) >= 11 is 0. The third kappa shape index (κ3) is 3.99. The van der Waals surface area contributed by atoms with Crippen LogP contribution in [0.15, 0.2) is 48.5 Å². The molecule has 2 N–H and O–H groups in total. The third-order valence-electron chi connectivity index (χ3n) is 5.09. The SMILES string of the molecule is COc1ccccc1C1(CNC(=O)Cc2ccccc2O)CCOCC1. The van der Waals surface area contributed by atoms with Gasteiger partial charge in [-0.25, -0.2) is 0 Å². The summed E-state index contributed by atoms with van der Waals surface area (Å²) in [5.41, 5.74) is 1.52. The summed E-state index contributed by atoms with van der Waals surface area (Å²) < 4.78 is 11.1. The molecule has 5 heteroatoms. The quantitative estimate of drug-likeness (QED) is 0.836. The second-order valence-electron chi connectivity index (χ2n) is 6.68. The van der Waals surface area contributed by atoms with E-state index in [2.05, 4.69) is 11.4 Å². The Hall–Kier alpha value is -2.53. The molecule has 2 aromatic carbocycles. The number of para-hydroxylation sites is 2. The molecule has 3 rings (SSSR count). The standard InChI is InChI=1S/C21H25NO4/c1-25-19-9-5-3-7-17(19)21(10-12-26-13-11-21)15-22-20(24)14-16-6-2-4-8-18(16)23/h2-9,23H,10-15H2,1H3,(H,22,24). The summed E-state index contributed by atoms with van der Waals surface area (Å²) in [6.45, 7) is 1.84. The number of phenols is 1. The monoisotopic (exact) mass is 355 g/mol. The molecule has 0 unspecified atom stereocenters. The Morgan fingerprint density at radius 2 is 1.85 bits per heavy atom. The number of ether oxygens (including phenoxy) is 2. The van der Waals surface area contributed by atoms with Crippen molar-refractivity contribution in [1.29, 1.82) is 0 Å². The normalized spacial score (nSPS) is 16.0. The lowest BCUT2D eigenvalue weighted by Crippen LogP contribution is -2.45. The highest BCUT2D eigenvalue weighted by molar-refractivity contribution is 5.79. The molecule has 0 aromatic heterocycles. The first-order chi connectivity index (χ1) is 12.6. The molecule has 0 radical (unpaired) electrons. The molecule has 1 heterocycles. The van der Waals surface area contributed by atoms with Crippen LogP contribution in [0.25, 0.3) is 0 Å². The summed E-state index contributed by atoms with van der Waals surface area (Å²) in [6, 6.07) is 14.9. The zero-order valence-electron chi connectivity index (χ0n) is 15.0. The van der Waals surface area contributed by atoms with Crippen molar-refractivity contribution in [3.63, 3.8) is 0 Å². The molecule has 0 saturated carbocycles. The third-order valence-corrected chi connectivity index (χ3v) is 5.09. The maximum absolute atomic E-state index is 12.5. The summed E-state index contributed by atoms with van der Waals surface area (Å²) in [7, 11) is 1.67.